The van der Waals surface area contributed by atoms with Crippen molar-refractivity contribution in [1.29, 1.82) is 0 Å². The quantitative estimate of drug-likeness (QED) is 0.609. The molecular formula is C6H12N2W. The van der Waals surface area contributed by atoms with Gasteiger partial charge in [0.1, 0.15) is 0 Å². The minimum atomic E-state index is 1.07. The fraction of sp³-hybridized carbons (Fsp3) is 0.667. The molecule has 0 spiro atoms. The van der Waals surface area contributed by atoms with Gasteiger partial charge < -0.3 is 0 Å². The van der Waals surface area contributed by atoms with E-state index in [-0.39, 0.29) is 0 Å². The summed E-state index contributed by atoms with van der Waals surface area (Å²) in [5.41, 5.74) is 2.90. The third-order valence-electron chi connectivity index (χ3n) is 0.731. The molecule has 2 nitrogen and oxygen atoms in total. The van der Waals surface area contributed by atoms with Crippen LogP contribution in [-0.2, 0) is 19.4 Å². The maximum atomic E-state index is 3.97. The predicted molar refractivity (Wildman–Crippen MR) is 37.2 cm³/mol. The zero-order chi connectivity index (χ0) is 7.11. The Morgan fingerprint density at radius 2 is 2.44 bits per heavy atom. The van der Waals surface area contributed by atoms with Crippen LogP contribution in [0.15, 0.2) is 5.10 Å². The van der Waals surface area contributed by atoms with Crippen molar-refractivity contribution in [3.8, 4) is 0 Å². The van der Waals surface area contributed by atoms with E-state index in [0.29, 0.717) is 0 Å². The number of hydrogen-bond acceptors (Lipinski definition) is 2. The summed E-state index contributed by atoms with van der Waals surface area (Å²) in [7, 11) is 0. The second-order valence-corrected chi connectivity index (χ2v) is 3.97. The predicted octanol–water partition coefficient (Wildman–Crippen LogP) is 1.06. The number of rotatable bonds is 4. The zero-order valence-corrected chi connectivity index (χ0v) is 8.78. The topological polar surface area (TPSA) is 24.4 Å². The zero-order valence-electron chi connectivity index (χ0n) is 5.85. The van der Waals surface area contributed by atoms with E-state index in [1.54, 1.807) is 0 Å². The van der Waals surface area contributed by atoms with Crippen LogP contribution in [0.5, 0.6) is 0 Å². The molecule has 0 aromatic rings. The summed E-state index contributed by atoms with van der Waals surface area (Å²) in [5, 5.41) is 3.97. The molecule has 3 heteroatoms. The molecule has 0 aliphatic carbocycles. The van der Waals surface area contributed by atoms with Crippen molar-refractivity contribution in [2.45, 2.75) is 26.7 Å². The summed E-state index contributed by atoms with van der Waals surface area (Å²) >= 11 is 1.44. The van der Waals surface area contributed by atoms with Crippen LogP contribution >= 0.6 is 0 Å². The molecule has 0 rings (SSSR count). The monoisotopic (exact) mass is 296 g/mol. The first-order chi connectivity index (χ1) is 4.27. The van der Waals surface area contributed by atoms with Crippen LogP contribution in [0, 0.1) is 0 Å². The summed E-state index contributed by atoms with van der Waals surface area (Å²) in [6.45, 7) is 4.17. The van der Waals surface area contributed by atoms with Gasteiger partial charge in [0, 0.05) is 0 Å². The molecule has 0 unspecified atom stereocenters. The first-order valence-electron chi connectivity index (χ1n) is 3.05. The molecule has 0 fully saturated rings. The molecular weight excluding hydrogens is 284 g/mol. The average Bonchev–Trinajstić information content (AvgIpc) is 1.80. The third kappa shape index (κ3) is 8.03. The Morgan fingerprint density at radius 1 is 1.78 bits per heavy atom. The van der Waals surface area contributed by atoms with E-state index >= 15 is 0 Å². The molecule has 1 N–H and O–H groups in total. The van der Waals surface area contributed by atoms with E-state index in [1.165, 1.54) is 29.8 Å². The van der Waals surface area contributed by atoms with E-state index in [4.69, 9.17) is 0 Å². The molecule has 0 atom stereocenters. The minimum absolute atomic E-state index is 1.07. The van der Waals surface area contributed by atoms with Crippen molar-refractivity contribution in [1.82, 2.24) is 5.43 Å². The SMILES string of the molecule is CCC/C=N/N[C](C)=[W]. The van der Waals surface area contributed by atoms with Gasteiger partial charge in [-0.05, 0) is 0 Å². The van der Waals surface area contributed by atoms with Crippen molar-refractivity contribution in [2.75, 3.05) is 0 Å². The van der Waals surface area contributed by atoms with Crippen LogP contribution in [0.4, 0.5) is 0 Å². The first kappa shape index (κ1) is 9.03. The van der Waals surface area contributed by atoms with Crippen molar-refractivity contribution in [3.05, 3.63) is 0 Å². The van der Waals surface area contributed by atoms with Gasteiger partial charge in [0.05, 0.1) is 0 Å². The van der Waals surface area contributed by atoms with Gasteiger partial charge in [-0.1, -0.05) is 0 Å². The van der Waals surface area contributed by atoms with E-state index in [2.05, 4.69) is 17.5 Å². The average molecular weight is 296 g/mol. The normalized spacial score (nSPS) is 10.0. The second kappa shape index (κ2) is 6.15. The van der Waals surface area contributed by atoms with Crippen LogP contribution in [0.1, 0.15) is 26.7 Å². The van der Waals surface area contributed by atoms with E-state index in [0.717, 1.165) is 6.42 Å². The van der Waals surface area contributed by atoms with Crippen molar-refractivity contribution >= 4 is 10.2 Å². The number of hydrogen-bond donors (Lipinski definition) is 1. The molecule has 0 saturated heterocycles. The summed E-state index contributed by atoms with van der Waals surface area (Å²) in [6, 6.07) is 0. The molecule has 52 valence electrons. The van der Waals surface area contributed by atoms with Crippen LogP contribution < -0.4 is 5.43 Å². The molecule has 0 radical (unpaired) electrons. The number of unbranched alkanes of at least 4 members (excludes halogenated alkanes) is 1. The van der Waals surface area contributed by atoms with Gasteiger partial charge >= 0.3 is 66.8 Å². The fourth-order valence-electron chi connectivity index (χ4n) is 0.330. The Hall–Kier alpha value is 0.0283. The molecule has 0 aliphatic rings. The van der Waals surface area contributed by atoms with E-state index < -0.39 is 0 Å². The Balaban J connectivity index is 3.14. The fourth-order valence-corrected chi connectivity index (χ4v) is 0.520. The van der Waals surface area contributed by atoms with Gasteiger partial charge in [0.2, 0.25) is 0 Å². The molecule has 0 bridgehead atoms. The van der Waals surface area contributed by atoms with Gasteiger partial charge in [-0.15, -0.1) is 0 Å². The van der Waals surface area contributed by atoms with Gasteiger partial charge in [-0.3, -0.25) is 0 Å². The Bertz CT molecular complexity index is 110. The van der Waals surface area contributed by atoms with Crippen molar-refractivity contribution in [2.24, 2.45) is 5.10 Å². The van der Waals surface area contributed by atoms with Gasteiger partial charge in [-0.25, -0.2) is 0 Å². The molecule has 0 aromatic carbocycles. The summed E-state index contributed by atoms with van der Waals surface area (Å²) in [4.78, 5) is 0. The van der Waals surface area contributed by atoms with Crippen molar-refractivity contribution in [3.63, 3.8) is 0 Å². The summed E-state index contributed by atoms with van der Waals surface area (Å²) in [6.07, 6.45) is 4.14. The van der Waals surface area contributed by atoms with Gasteiger partial charge in [0.25, 0.3) is 0 Å². The maximum absolute atomic E-state index is 3.97. The van der Waals surface area contributed by atoms with E-state index in [1.807, 2.05) is 13.1 Å². The third-order valence-corrected chi connectivity index (χ3v) is 1.06. The van der Waals surface area contributed by atoms with Crippen LogP contribution in [-0.4, -0.2) is 10.2 Å². The summed E-state index contributed by atoms with van der Waals surface area (Å²) in [5.74, 6) is 0. The van der Waals surface area contributed by atoms with Crippen LogP contribution in [0.25, 0.3) is 0 Å². The molecule has 0 amide bonds. The van der Waals surface area contributed by atoms with Crippen molar-refractivity contribution < 1.29 is 19.4 Å². The molecule has 0 aliphatic heterocycles. The molecule has 0 saturated carbocycles. The first-order valence-corrected chi connectivity index (χ1v) is 4.52. The standard InChI is InChI=1S/C6H12N2.W/c1-3-5-6-8-7-4-2;/h6-7H,3,5H2,1-2H3;/b8-6+;. The molecule has 9 heavy (non-hydrogen) atoms. The molecule has 0 heterocycles. The summed E-state index contributed by atoms with van der Waals surface area (Å²) < 4.78 is 1.21. The number of hydrazone groups is 1. The Labute approximate surface area is 67.1 Å². The Morgan fingerprint density at radius 3 is 2.89 bits per heavy atom. The Kier molecular flexibility index (Phi) is 6.17. The number of nitrogens with zero attached hydrogens (tertiary/aromatic N) is 1. The second-order valence-electron chi connectivity index (χ2n) is 1.77. The van der Waals surface area contributed by atoms with Gasteiger partial charge in [-0.2, -0.15) is 0 Å². The number of nitrogens with one attached hydrogen (secondary N) is 1. The van der Waals surface area contributed by atoms with Crippen LogP contribution in [0.3, 0.4) is 0 Å². The van der Waals surface area contributed by atoms with Crippen LogP contribution in [0.2, 0.25) is 0 Å². The molecule has 0 aromatic heterocycles. The van der Waals surface area contributed by atoms with E-state index in [9.17, 15) is 0 Å². The van der Waals surface area contributed by atoms with Gasteiger partial charge in [0.15, 0.2) is 0 Å².